The van der Waals surface area contributed by atoms with Crippen LogP contribution in [0.15, 0.2) is 60.7 Å². The first-order valence-electron chi connectivity index (χ1n) is 12.8. The smallest absolute Gasteiger partial charge is 0.335 e. The Balaban J connectivity index is 1.37. The number of rotatable bonds is 8. The van der Waals surface area contributed by atoms with Gasteiger partial charge in [-0.2, -0.15) is 0 Å². The third kappa shape index (κ3) is 4.45. The van der Waals surface area contributed by atoms with Crippen LogP contribution in [0.4, 0.5) is 0 Å². The zero-order valence-corrected chi connectivity index (χ0v) is 20.4. The molecule has 0 radical (unpaired) electrons. The quantitative estimate of drug-likeness (QED) is 0.420. The van der Waals surface area contributed by atoms with Gasteiger partial charge in [0.1, 0.15) is 5.75 Å². The van der Waals surface area contributed by atoms with Crippen molar-refractivity contribution in [1.82, 2.24) is 0 Å². The van der Waals surface area contributed by atoms with Crippen LogP contribution in [-0.4, -0.2) is 18.2 Å². The summed E-state index contributed by atoms with van der Waals surface area (Å²) in [5.74, 6) is 2.91. The van der Waals surface area contributed by atoms with Crippen molar-refractivity contribution >= 4 is 11.5 Å². The second-order valence-electron chi connectivity index (χ2n) is 10.8. The van der Waals surface area contributed by atoms with Gasteiger partial charge in [0, 0.05) is 5.56 Å². The molecule has 4 aliphatic carbocycles. The Labute approximate surface area is 203 Å². The van der Waals surface area contributed by atoms with Crippen molar-refractivity contribution in [3.63, 3.8) is 0 Å². The van der Waals surface area contributed by atoms with Gasteiger partial charge in [-0.05, 0) is 116 Å². The highest BCUT2D eigenvalue weighted by molar-refractivity contribution is 5.89. The molecule has 0 atom stereocenters. The second-order valence-corrected chi connectivity index (χ2v) is 10.8. The molecule has 4 saturated carbocycles. The van der Waals surface area contributed by atoms with Gasteiger partial charge in [-0.15, -0.1) is 0 Å². The Bertz CT molecular complexity index is 1090. The van der Waals surface area contributed by atoms with Crippen LogP contribution in [0.3, 0.4) is 0 Å². The van der Waals surface area contributed by atoms with E-state index in [1.807, 2.05) is 32.2 Å². The Kier molecular flexibility index (Phi) is 6.38. The van der Waals surface area contributed by atoms with E-state index in [4.69, 9.17) is 4.74 Å². The van der Waals surface area contributed by atoms with Crippen LogP contribution in [0.25, 0.3) is 5.57 Å². The fourth-order valence-electron chi connectivity index (χ4n) is 7.45. The monoisotopic (exact) mass is 456 g/mol. The van der Waals surface area contributed by atoms with Gasteiger partial charge >= 0.3 is 5.97 Å². The minimum atomic E-state index is -0.892. The van der Waals surface area contributed by atoms with Crippen LogP contribution in [0.2, 0.25) is 0 Å². The summed E-state index contributed by atoms with van der Waals surface area (Å²) in [6, 6.07) is 14.1. The molecule has 0 aliphatic heterocycles. The number of allylic oxidation sites excluding steroid dienone is 4. The molecular weight excluding hydrogens is 420 g/mol. The molecule has 1 N–H and O–H groups in total. The van der Waals surface area contributed by atoms with Crippen molar-refractivity contribution in [1.29, 1.82) is 0 Å². The van der Waals surface area contributed by atoms with Crippen LogP contribution >= 0.6 is 0 Å². The molecule has 4 aliphatic rings. The summed E-state index contributed by atoms with van der Waals surface area (Å²) in [5.41, 5.74) is 5.48. The summed E-state index contributed by atoms with van der Waals surface area (Å²) >= 11 is 0. The van der Waals surface area contributed by atoms with Gasteiger partial charge in [-0.25, -0.2) is 4.79 Å². The second kappa shape index (κ2) is 9.44. The van der Waals surface area contributed by atoms with Crippen molar-refractivity contribution in [2.24, 2.45) is 17.8 Å². The number of aromatic carboxylic acids is 1. The Morgan fingerprint density at radius 2 is 1.71 bits per heavy atom. The van der Waals surface area contributed by atoms with E-state index < -0.39 is 5.97 Å². The molecule has 3 nitrogen and oxygen atoms in total. The minimum absolute atomic E-state index is 0.319. The lowest BCUT2D eigenvalue weighted by Gasteiger charge is -2.57. The lowest BCUT2D eigenvalue weighted by atomic mass is 9.48. The predicted molar refractivity (Wildman–Crippen MR) is 137 cm³/mol. The molecule has 4 bridgehead atoms. The number of hydrogen-bond donors (Lipinski definition) is 1. The van der Waals surface area contributed by atoms with Gasteiger partial charge in [0.2, 0.25) is 0 Å². The average molecular weight is 457 g/mol. The molecule has 0 unspecified atom stereocenters. The third-order valence-electron chi connectivity index (χ3n) is 8.46. The topological polar surface area (TPSA) is 46.5 Å². The van der Waals surface area contributed by atoms with E-state index in [-0.39, 0.29) is 0 Å². The van der Waals surface area contributed by atoms with E-state index in [2.05, 4.69) is 30.4 Å². The summed E-state index contributed by atoms with van der Waals surface area (Å²) in [7, 11) is 1.82. The number of carboxylic acid groups (broad SMARTS) is 1. The maximum absolute atomic E-state index is 11.4. The first-order chi connectivity index (χ1) is 16.5. The van der Waals surface area contributed by atoms with E-state index >= 15 is 0 Å². The van der Waals surface area contributed by atoms with Crippen LogP contribution in [0, 0.1) is 17.8 Å². The van der Waals surface area contributed by atoms with Crippen molar-refractivity contribution in [3.8, 4) is 5.75 Å². The van der Waals surface area contributed by atoms with Crippen molar-refractivity contribution in [2.75, 3.05) is 7.11 Å². The van der Waals surface area contributed by atoms with Crippen LogP contribution in [0.1, 0.15) is 78.9 Å². The number of aryl methyl sites for hydroxylation is 1. The molecule has 0 saturated heterocycles. The van der Waals surface area contributed by atoms with Gasteiger partial charge in [0.05, 0.1) is 12.7 Å². The van der Waals surface area contributed by atoms with Gasteiger partial charge in [-0.3, -0.25) is 0 Å². The Morgan fingerprint density at radius 3 is 2.32 bits per heavy atom. The Morgan fingerprint density at radius 1 is 1.03 bits per heavy atom. The van der Waals surface area contributed by atoms with Gasteiger partial charge < -0.3 is 9.84 Å². The maximum atomic E-state index is 11.4. The van der Waals surface area contributed by atoms with Crippen LogP contribution in [0.5, 0.6) is 5.75 Å². The van der Waals surface area contributed by atoms with Crippen molar-refractivity contribution in [2.45, 2.75) is 63.7 Å². The number of carboxylic acids is 1. The summed E-state index contributed by atoms with van der Waals surface area (Å²) in [4.78, 5) is 11.4. The maximum Gasteiger partial charge on any atom is 0.335 e. The average Bonchev–Trinajstić information content (AvgIpc) is 2.82. The SMILES string of the molecule is C/C=C/C(=C/CCc1ccc(OC)c(C23CC4CC(CC(C4)C2)C3)c1)c1cccc(C(=O)O)c1. The normalized spacial score (nSPS) is 27.9. The number of ether oxygens (including phenoxy) is 1. The van der Waals surface area contributed by atoms with E-state index in [9.17, 15) is 9.90 Å². The first kappa shape index (κ1) is 23.0. The third-order valence-corrected chi connectivity index (χ3v) is 8.46. The zero-order valence-electron chi connectivity index (χ0n) is 20.4. The highest BCUT2D eigenvalue weighted by Gasteiger charge is 2.52. The van der Waals surface area contributed by atoms with Gasteiger partial charge in [0.15, 0.2) is 0 Å². The number of carbonyl (C=O) groups is 1. The summed E-state index contributed by atoms with van der Waals surface area (Å²) in [5, 5.41) is 9.35. The molecule has 6 rings (SSSR count). The molecular formula is C31H36O3. The van der Waals surface area contributed by atoms with E-state index in [0.717, 1.165) is 47.5 Å². The molecule has 0 aromatic heterocycles. The predicted octanol–water partition coefficient (Wildman–Crippen LogP) is 7.45. The zero-order chi connectivity index (χ0) is 23.7. The molecule has 0 heterocycles. The number of hydrogen-bond acceptors (Lipinski definition) is 2. The van der Waals surface area contributed by atoms with Crippen molar-refractivity contribution in [3.05, 3.63) is 82.9 Å². The van der Waals surface area contributed by atoms with Crippen LogP contribution in [-0.2, 0) is 11.8 Å². The highest BCUT2D eigenvalue weighted by Crippen LogP contribution is 2.61. The molecule has 178 valence electrons. The number of methoxy groups -OCH3 is 1. The van der Waals surface area contributed by atoms with Crippen molar-refractivity contribution < 1.29 is 14.6 Å². The Hall–Kier alpha value is -2.81. The van der Waals surface area contributed by atoms with E-state index in [1.54, 1.807) is 12.1 Å². The fraction of sp³-hybridized carbons (Fsp3) is 0.452. The van der Waals surface area contributed by atoms with Gasteiger partial charge in [-0.1, -0.05) is 42.5 Å². The van der Waals surface area contributed by atoms with Gasteiger partial charge in [0.25, 0.3) is 0 Å². The summed E-state index contributed by atoms with van der Waals surface area (Å²) < 4.78 is 5.88. The molecule has 2 aromatic carbocycles. The highest BCUT2D eigenvalue weighted by atomic mass is 16.5. The fourth-order valence-corrected chi connectivity index (χ4v) is 7.45. The molecule has 2 aromatic rings. The summed E-state index contributed by atoms with van der Waals surface area (Å²) in [6.07, 6.45) is 16.5. The molecule has 4 fully saturated rings. The van der Waals surface area contributed by atoms with Crippen LogP contribution < -0.4 is 4.74 Å². The molecule has 0 amide bonds. The van der Waals surface area contributed by atoms with E-state index in [1.165, 1.54) is 49.7 Å². The largest absolute Gasteiger partial charge is 0.496 e. The standard InChI is InChI=1S/C31H36O3/c1-3-6-25(26-9-5-10-27(17-26)30(32)33)8-4-7-21-11-12-29(34-2)28(16-21)31-18-22-13-23(19-31)15-24(14-22)20-31/h3,5-6,8-12,16-17,22-24H,4,7,13-15,18-20H2,1-2H3,(H,32,33)/b6-3+,25-8-. The first-order valence-corrected chi connectivity index (χ1v) is 12.8. The summed E-state index contributed by atoms with van der Waals surface area (Å²) in [6.45, 7) is 2.00. The van der Waals surface area contributed by atoms with E-state index in [0.29, 0.717) is 11.0 Å². The lowest BCUT2D eigenvalue weighted by Crippen LogP contribution is -2.48. The number of benzene rings is 2. The lowest BCUT2D eigenvalue weighted by molar-refractivity contribution is -0.00619. The molecule has 3 heteroatoms. The minimum Gasteiger partial charge on any atom is -0.496 e. The molecule has 34 heavy (non-hydrogen) atoms. The molecule has 0 spiro atoms.